The number of rotatable bonds is 2. The molecule has 0 fully saturated rings. The zero-order valence-electron chi connectivity index (χ0n) is 7.44. The third-order valence-electron chi connectivity index (χ3n) is 2.07. The summed E-state index contributed by atoms with van der Waals surface area (Å²) >= 11 is 6.01. The number of imidazole rings is 1. The Morgan fingerprint density at radius 1 is 1.50 bits per heavy atom. The molecule has 3 N–H and O–H groups in total. The van der Waals surface area contributed by atoms with E-state index < -0.39 is 0 Å². The van der Waals surface area contributed by atoms with Gasteiger partial charge in [-0.2, -0.15) is 0 Å². The first-order chi connectivity index (χ1) is 6.74. The Bertz CT molecular complexity index is 466. The topological polar surface area (TPSA) is 64.1 Å². The maximum atomic E-state index is 8.87. The molecule has 1 heterocycles. The van der Waals surface area contributed by atoms with Gasteiger partial charge in [0, 0.05) is 6.54 Å². The van der Waals surface area contributed by atoms with Crippen LogP contribution in [0.3, 0.4) is 0 Å². The summed E-state index contributed by atoms with van der Waals surface area (Å²) in [5.74, 6) is 0.377. The van der Waals surface area contributed by atoms with E-state index in [1.54, 1.807) is 10.6 Å². The van der Waals surface area contributed by atoms with Gasteiger partial charge in [0.15, 0.2) is 0 Å². The smallest absolute Gasteiger partial charge is 0.201 e. The molecule has 2 rings (SSSR count). The predicted octanol–water partition coefficient (Wildman–Crippen LogP) is 1.26. The number of hydrogen-bond acceptors (Lipinski definition) is 3. The Hall–Kier alpha value is -1.26. The zero-order valence-corrected chi connectivity index (χ0v) is 8.20. The molecule has 0 saturated heterocycles. The number of aliphatic hydroxyl groups is 1. The average Bonchev–Trinajstić information content (AvgIpc) is 2.45. The van der Waals surface area contributed by atoms with Crippen LogP contribution >= 0.6 is 11.6 Å². The largest absolute Gasteiger partial charge is 0.395 e. The van der Waals surface area contributed by atoms with E-state index in [2.05, 4.69) is 4.98 Å². The minimum Gasteiger partial charge on any atom is -0.395 e. The first-order valence-electron chi connectivity index (χ1n) is 4.25. The summed E-state index contributed by atoms with van der Waals surface area (Å²) in [5.41, 5.74) is 7.22. The third kappa shape index (κ3) is 1.32. The van der Waals surface area contributed by atoms with Crippen molar-refractivity contribution in [2.75, 3.05) is 12.3 Å². The van der Waals surface area contributed by atoms with Crippen LogP contribution in [0.5, 0.6) is 0 Å². The van der Waals surface area contributed by atoms with Crippen molar-refractivity contribution in [1.82, 2.24) is 9.55 Å². The Labute approximate surface area is 85.9 Å². The summed E-state index contributed by atoms with van der Waals surface area (Å²) < 4.78 is 1.71. The van der Waals surface area contributed by atoms with Crippen LogP contribution in [-0.2, 0) is 6.54 Å². The van der Waals surface area contributed by atoms with Crippen molar-refractivity contribution in [2.24, 2.45) is 0 Å². The summed E-state index contributed by atoms with van der Waals surface area (Å²) in [7, 11) is 0. The van der Waals surface area contributed by atoms with Gasteiger partial charge in [-0.15, -0.1) is 0 Å². The summed E-state index contributed by atoms with van der Waals surface area (Å²) in [6.07, 6.45) is 0. The van der Waals surface area contributed by atoms with Gasteiger partial charge in [0.1, 0.15) is 0 Å². The van der Waals surface area contributed by atoms with Crippen LogP contribution in [0.15, 0.2) is 18.2 Å². The minimum atomic E-state index is 0.0148. The van der Waals surface area contributed by atoms with Crippen molar-refractivity contribution in [3.05, 3.63) is 23.2 Å². The van der Waals surface area contributed by atoms with E-state index in [0.717, 1.165) is 11.0 Å². The highest BCUT2D eigenvalue weighted by molar-refractivity contribution is 6.35. The number of fused-ring (bicyclic) bond motifs is 1. The van der Waals surface area contributed by atoms with Gasteiger partial charge in [-0.1, -0.05) is 17.7 Å². The number of benzene rings is 1. The van der Waals surface area contributed by atoms with E-state index >= 15 is 0 Å². The van der Waals surface area contributed by atoms with Crippen LogP contribution in [0.2, 0.25) is 5.02 Å². The van der Waals surface area contributed by atoms with Crippen molar-refractivity contribution in [1.29, 1.82) is 0 Å². The molecular weight excluding hydrogens is 202 g/mol. The highest BCUT2D eigenvalue weighted by Gasteiger charge is 2.09. The van der Waals surface area contributed by atoms with Crippen molar-refractivity contribution < 1.29 is 5.11 Å². The SMILES string of the molecule is Nc1nc2cccc(Cl)c2n1CCO. The quantitative estimate of drug-likeness (QED) is 0.786. The molecule has 0 aliphatic carbocycles. The van der Waals surface area contributed by atoms with Crippen LogP contribution in [0.25, 0.3) is 11.0 Å². The molecule has 0 saturated carbocycles. The molecule has 74 valence electrons. The van der Waals surface area contributed by atoms with Crippen LogP contribution < -0.4 is 5.73 Å². The first kappa shape index (κ1) is 9.30. The van der Waals surface area contributed by atoms with Gasteiger partial charge in [0.05, 0.1) is 22.7 Å². The van der Waals surface area contributed by atoms with Gasteiger partial charge in [-0.05, 0) is 12.1 Å². The summed E-state index contributed by atoms with van der Waals surface area (Å²) in [6, 6.07) is 5.44. The van der Waals surface area contributed by atoms with Crippen LogP contribution in [0, 0.1) is 0 Å². The molecule has 0 aliphatic heterocycles. The first-order valence-corrected chi connectivity index (χ1v) is 4.63. The molecule has 14 heavy (non-hydrogen) atoms. The number of nitrogen functional groups attached to an aromatic ring is 1. The second kappa shape index (κ2) is 3.48. The number of anilines is 1. The number of nitrogens with two attached hydrogens (primary N) is 1. The van der Waals surface area contributed by atoms with Crippen LogP contribution in [0.4, 0.5) is 5.95 Å². The third-order valence-corrected chi connectivity index (χ3v) is 2.38. The molecule has 0 radical (unpaired) electrons. The van der Waals surface area contributed by atoms with Gasteiger partial charge in [0.2, 0.25) is 5.95 Å². The number of hydrogen-bond donors (Lipinski definition) is 2. The van der Waals surface area contributed by atoms with Gasteiger partial charge in [0.25, 0.3) is 0 Å². The van der Waals surface area contributed by atoms with Crippen LogP contribution in [0.1, 0.15) is 0 Å². The minimum absolute atomic E-state index is 0.0148. The molecule has 5 heteroatoms. The van der Waals surface area contributed by atoms with Crippen LogP contribution in [-0.4, -0.2) is 21.3 Å². The number of para-hydroxylation sites is 1. The van der Waals surface area contributed by atoms with Crippen molar-refractivity contribution in [3.8, 4) is 0 Å². The maximum absolute atomic E-state index is 8.87. The van der Waals surface area contributed by atoms with Gasteiger partial charge in [-0.25, -0.2) is 4.98 Å². The molecule has 0 atom stereocenters. The molecular formula is C9H10ClN3O. The van der Waals surface area contributed by atoms with Gasteiger partial charge >= 0.3 is 0 Å². The monoisotopic (exact) mass is 211 g/mol. The Morgan fingerprint density at radius 3 is 3.00 bits per heavy atom. The lowest BCUT2D eigenvalue weighted by atomic mass is 10.3. The highest BCUT2D eigenvalue weighted by atomic mass is 35.5. The van der Waals surface area contributed by atoms with E-state index in [-0.39, 0.29) is 6.61 Å². The molecule has 0 spiro atoms. The standard InChI is InChI=1S/C9H10ClN3O/c10-6-2-1-3-7-8(6)13(4-5-14)9(11)12-7/h1-3,14H,4-5H2,(H2,11,12). The Kier molecular flexibility index (Phi) is 2.31. The van der Waals surface area contributed by atoms with E-state index in [4.69, 9.17) is 22.4 Å². The molecule has 2 aromatic rings. The fourth-order valence-corrected chi connectivity index (χ4v) is 1.76. The predicted molar refractivity (Wildman–Crippen MR) is 56.2 cm³/mol. The number of aromatic nitrogens is 2. The van der Waals surface area contributed by atoms with E-state index in [9.17, 15) is 0 Å². The molecule has 1 aromatic carbocycles. The molecule has 1 aromatic heterocycles. The lowest BCUT2D eigenvalue weighted by Crippen LogP contribution is -2.06. The maximum Gasteiger partial charge on any atom is 0.201 e. The van der Waals surface area contributed by atoms with E-state index in [1.165, 1.54) is 0 Å². The number of halogens is 1. The summed E-state index contributed by atoms with van der Waals surface area (Å²) in [5, 5.41) is 9.46. The fraction of sp³-hybridized carbons (Fsp3) is 0.222. The number of nitrogens with zero attached hydrogens (tertiary/aromatic N) is 2. The van der Waals surface area contributed by atoms with Gasteiger partial charge < -0.3 is 15.4 Å². The van der Waals surface area contributed by atoms with E-state index in [0.29, 0.717) is 17.5 Å². The molecule has 0 aliphatic rings. The Morgan fingerprint density at radius 2 is 2.29 bits per heavy atom. The second-order valence-electron chi connectivity index (χ2n) is 2.95. The average molecular weight is 212 g/mol. The molecule has 4 nitrogen and oxygen atoms in total. The summed E-state index contributed by atoms with van der Waals surface area (Å²) in [6.45, 7) is 0.424. The van der Waals surface area contributed by atoms with E-state index in [1.807, 2.05) is 12.1 Å². The zero-order chi connectivity index (χ0) is 10.1. The lowest BCUT2D eigenvalue weighted by Gasteiger charge is -2.03. The molecule has 0 unspecified atom stereocenters. The normalized spacial score (nSPS) is 11.0. The van der Waals surface area contributed by atoms with Gasteiger partial charge in [-0.3, -0.25) is 0 Å². The van der Waals surface area contributed by atoms with Crippen molar-refractivity contribution in [2.45, 2.75) is 6.54 Å². The Balaban J connectivity index is 2.73. The lowest BCUT2D eigenvalue weighted by molar-refractivity contribution is 0.278. The number of aliphatic hydroxyl groups excluding tert-OH is 1. The highest BCUT2D eigenvalue weighted by Crippen LogP contribution is 2.25. The fourth-order valence-electron chi connectivity index (χ4n) is 1.49. The van der Waals surface area contributed by atoms with Crippen molar-refractivity contribution in [3.63, 3.8) is 0 Å². The molecule has 0 bridgehead atoms. The second-order valence-corrected chi connectivity index (χ2v) is 3.36. The van der Waals surface area contributed by atoms with Crippen molar-refractivity contribution >= 4 is 28.6 Å². The summed E-state index contributed by atoms with van der Waals surface area (Å²) in [4.78, 5) is 4.14. The molecule has 0 amide bonds.